The molecule has 0 aliphatic heterocycles. The second-order valence-electron chi connectivity index (χ2n) is 4.31. The van der Waals surface area contributed by atoms with Gasteiger partial charge in [0.15, 0.2) is 0 Å². The van der Waals surface area contributed by atoms with Gasteiger partial charge in [-0.15, -0.1) is 0 Å². The van der Waals surface area contributed by atoms with Crippen LogP contribution < -0.4 is 5.32 Å². The zero-order valence-corrected chi connectivity index (χ0v) is 9.27. The first kappa shape index (κ1) is 11.1. The summed E-state index contributed by atoms with van der Waals surface area (Å²) in [6.45, 7) is 1.78. The average molecular weight is 224 g/mol. The van der Waals surface area contributed by atoms with Gasteiger partial charge in [0.1, 0.15) is 0 Å². The lowest BCUT2D eigenvalue weighted by molar-refractivity contribution is 0.0835. The molecular formula is C11H16N2O3. The minimum atomic E-state index is -0.220. The number of nitrogens with zero attached hydrogens (tertiary/aromatic N) is 1. The molecule has 1 heterocycles. The highest BCUT2D eigenvalue weighted by atomic mass is 16.5. The Morgan fingerprint density at radius 3 is 2.75 bits per heavy atom. The molecule has 1 aromatic rings. The Balaban J connectivity index is 1.88. The van der Waals surface area contributed by atoms with Crippen molar-refractivity contribution < 1.29 is 14.4 Å². The van der Waals surface area contributed by atoms with Crippen molar-refractivity contribution in [3.8, 4) is 0 Å². The number of carbonyl (C=O) groups excluding carboxylic acids is 1. The number of aromatic nitrogens is 1. The fourth-order valence-electron chi connectivity index (χ4n) is 1.95. The predicted octanol–water partition coefficient (Wildman–Crippen LogP) is 1.02. The molecule has 5 nitrogen and oxygen atoms in total. The molecule has 1 saturated carbocycles. The molecule has 0 radical (unpaired) electrons. The molecule has 1 aromatic heterocycles. The molecule has 88 valence electrons. The topological polar surface area (TPSA) is 75.4 Å². The van der Waals surface area contributed by atoms with Crippen molar-refractivity contribution >= 4 is 5.91 Å². The van der Waals surface area contributed by atoms with Crippen LogP contribution in [0.2, 0.25) is 0 Å². The molecule has 5 heteroatoms. The summed E-state index contributed by atoms with van der Waals surface area (Å²) >= 11 is 0. The van der Waals surface area contributed by atoms with Crippen molar-refractivity contribution in [3.05, 3.63) is 17.5 Å². The second kappa shape index (κ2) is 4.65. The Morgan fingerprint density at radius 1 is 1.50 bits per heavy atom. The zero-order valence-electron chi connectivity index (χ0n) is 9.27. The molecule has 0 spiro atoms. The second-order valence-corrected chi connectivity index (χ2v) is 4.31. The van der Waals surface area contributed by atoms with Gasteiger partial charge in [-0.05, 0) is 32.6 Å². The summed E-state index contributed by atoms with van der Waals surface area (Å²) in [5, 5.41) is 15.9. The van der Waals surface area contributed by atoms with Gasteiger partial charge in [-0.1, -0.05) is 5.16 Å². The number of aryl methyl sites for hydroxylation is 1. The first-order valence-electron chi connectivity index (χ1n) is 5.57. The molecule has 1 aliphatic carbocycles. The van der Waals surface area contributed by atoms with E-state index in [-0.39, 0.29) is 23.8 Å². The predicted molar refractivity (Wildman–Crippen MR) is 57.0 cm³/mol. The summed E-state index contributed by atoms with van der Waals surface area (Å²) in [7, 11) is 0. The third-order valence-electron chi connectivity index (χ3n) is 2.88. The minimum Gasteiger partial charge on any atom is -0.393 e. The Kier molecular flexibility index (Phi) is 3.24. The van der Waals surface area contributed by atoms with E-state index in [0.29, 0.717) is 5.69 Å². The van der Waals surface area contributed by atoms with E-state index in [1.54, 1.807) is 13.0 Å². The average Bonchev–Trinajstić information content (AvgIpc) is 2.68. The standard InChI is InChI=1S/C11H16N2O3/c1-7-6-10(16-13-7)11(15)12-8-2-4-9(14)5-3-8/h6,8-9,14H,2-5H2,1H3,(H,12,15). The molecule has 1 amide bonds. The Hall–Kier alpha value is -1.36. The van der Waals surface area contributed by atoms with E-state index < -0.39 is 0 Å². The van der Waals surface area contributed by atoms with Gasteiger partial charge in [0.05, 0.1) is 11.8 Å². The maximum absolute atomic E-state index is 11.7. The van der Waals surface area contributed by atoms with E-state index in [1.165, 1.54) is 0 Å². The van der Waals surface area contributed by atoms with Crippen molar-refractivity contribution in [3.63, 3.8) is 0 Å². The van der Waals surface area contributed by atoms with E-state index in [9.17, 15) is 9.90 Å². The zero-order chi connectivity index (χ0) is 11.5. The van der Waals surface area contributed by atoms with Crippen LogP contribution in [0.15, 0.2) is 10.6 Å². The van der Waals surface area contributed by atoms with Crippen molar-refractivity contribution in [2.24, 2.45) is 0 Å². The monoisotopic (exact) mass is 224 g/mol. The number of carbonyl (C=O) groups is 1. The number of nitrogens with one attached hydrogen (secondary N) is 1. The normalized spacial score (nSPS) is 25.4. The first-order valence-corrected chi connectivity index (χ1v) is 5.57. The highest BCUT2D eigenvalue weighted by Gasteiger charge is 2.22. The van der Waals surface area contributed by atoms with E-state index in [2.05, 4.69) is 10.5 Å². The summed E-state index contributed by atoms with van der Waals surface area (Å²) in [6.07, 6.45) is 2.93. The summed E-state index contributed by atoms with van der Waals surface area (Å²) in [6, 6.07) is 1.76. The molecule has 0 aromatic carbocycles. The number of hydrogen-bond acceptors (Lipinski definition) is 4. The van der Waals surface area contributed by atoms with Crippen LogP contribution >= 0.6 is 0 Å². The maximum Gasteiger partial charge on any atom is 0.290 e. The molecular weight excluding hydrogens is 208 g/mol. The third kappa shape index (κ3) is 2.61. The largest absolute Gasteiger partial charge is 0.393 e. The highest BCUT2D eigenvalue weighted by molar-refractivity contribution is 5.91. The lowest BCUT2D eigenvalue weighted by Crippen LogP contribution is -2.38. The molecule has 2 rings (SSSR count). The van der Waals surface area contributed by atoms with Crippen molar-refractivity contribution in [1.29, 1.82) is 0 Å². The van der Waals surface area contributed by atoms with Crippen LogP contribution in [0.4, 0.5) is 0 Å². The lowest BCUT2D eigenvalue weighted by Gasteiger charge is -2.25. The summed E-state index contributed by atoms with van der Waals surface area (Å²) in [5.41, 5.74) is 0.698. The van der Waals surface area contributed by atoms with Crippen LogP contribution in [0.3, 0.4) is 0 Å². The molecule has 0 saturated heterocycles. The Labute approximate surface area is 93.8 Å². The van der Waals surface area contributed by atoms with Crippen LogP contribution in [0, 0.1) is 6.92 Å². The van der Waals surface area contributed by atoms with Crippen LogP contribution in [-0.2, 0) is 0 Å². The van der Waals surface area contributed by atoms with Crippen LogP contribution in [0.25, 0.3) is 0 Å². The number of aliphatic hydroxyl groups excluding tert-OH is 1. The van der Waals surface area contributed by atoms with Gasteiger partial charge >= 0.3 is 0 Å². The molecule has 2 N–H and O–H groups in total. The quantitative estimate of drug-likeness (QED) is 0.786. The van der Waals surface area contributed by atoms with Gasteiger partial charge < -0.3 is 14.9 Å². The molecule has 0 bridgehead atoms. The SMILES string of the molecule is Cc1cc(C(=O)NC2CCC(O)CC2)on1. The van der Waals surface area contributed by atoms with Crippen molar-refractivity contribution in [1.82, 2.24) is 10.5 Å². The summed E-state index contributed by atoms with van der Waals surface area (Å²) < 4.78 is 4.88. The summed E-state index contributed by atoms with van der Waals surface area (Å²) in [4.78, 5) is 11.7. The van der Waals surface area contributed by atoms with E-state index >= 15 is 0 Å². The fraction of sp³-hybridized carbons (Fsp3) is 0.636. The first-order chi connectivity index (χ1) is 7.65. The van der Waals surface area contributed by atoms with Crippen molar-refractivity contribution in [2.75, 3.05) is 0 Å². The van der Waals surface area contributed by atoms with E-state index in [1.807, 2.05) is 0 Å². The Morgan fingerprint density at radius 2 is 2.19 bits per heavy atom. The van der Waals surface area contributed by atoms with Gasteiger partial charge in [-0.25, -0.2) is 0 Å². The molecule has 0 unspecified atom stereocenters. The van der Waals surface area contributed by atoms with Crippen LogP contribution in [0.1, 0.15) is 41.9 Å². The number of aliphatic hydroxyl groups is 1. The number of amides is 1. The van der Waals surface area contributed by atoms with Gasteiger partial charge in [0, 0.05) is 12.1 Å². The van der Waals surface area contributed by atoms with Gasteiger partial charge in [-0.2, -0.15) is 0 Å². The number of hydrogen-bond donors (Lipinski definition) is 2. The third-order valence-corrected chi connectivity index (χ3v) is 2.88. The number of rotatable bonds is 2. The summed E-state index contributed by atoms with van der Waals surface area (Å²) in [5.74, 6) is 0.0330. The molecule has 0 atom stereocenters. The van der Waals surface area contributed by atoms with E-state index in [4.69, 9.17) is 4.52 Å². The molecule has 1 aliphatic rings. The van der Waals surface area contributed by atoms with E-state index in [0.717, 1.165) is 25.7 Å². The lowest BCUT2D eigenvalue weighted by atomic mass is 9.93. The van der Waals surface area contributed by atoms with Crippen LogP contribution in [-0.4, -0.2) is 28.3 Å². The van der Waals surface area contributed by atoms with Crippen LogP contribution in [0.5, 0.6) is 0 Å². The van der Waals surface area contributed by atoms with Gasteiger partial charge in [-0.3, -0.25) is 4.79 Å². The maximum atomic E-state index is 11.7. The van der Waals surface area contributed by atoms with Gasteiger partial charge in [0.2, 0.25) is 5.76 Å². The minimum absolute atomic E-state index is 0.140. The Bertz CT molecular complexity index is 367. The smallest absolute Gasteiger partial charge is 0.290 e. The molecule has 1 fully saturated rings. The fourth-order valence-corrected chi connectivity index (χ4v) is 1.95. The van der Waals surface area contributed by atoms with Crippen molar-refractivity contribution in [2.45, 2.75) is 44.8 Å². The highest BCUT2D eigenvalue weighted by Crippen LogP contribution is 2.18. The van der Waals surface area contributed by atoms with Gasteiger partial charge in [0.25, 0.3) is 5.91 Å². The molecule has 16 heavy (non-hydrogen) atoms.